The van der Waals surface area contributed by atoms with E-state index in [0.717, 1.165) is 0 Å². The number of carbonyl (C=O) groups is 6. The van der Waals surface area contributed by atoms with E-state index in [1.165, 1.54) is 36.0 Å². The van der Waals surface area contributed by atoms with Crippen molar-refractivity contribution in [1.29, 1.82) is 0 Å². The van der Waals surface area contributed by atoms with Crippen molar-refractivity contribution in [3.63, 3.8) is 0 Å². The maximum Gasteiger partial charge on any atom is 0.326 e. The number of phenolic OH excluding ortho intramolecular Hbond substituents is 1. The molecule has 0 spiro atoms. The number of aromatic hydroxyl groups is 1. The summed E-state index contributed by atoms with van der Waals surface area (Å²) in [6.07, 6.45) is 1.93. The first kappa shape index (κ1) is 39.5. The van der Waals surface area contributed by atoms with E-state index in [0.29, 0.717) is 29.7 Å². The third kappa shape index (κ3) is 13.2. The Balaban J connectivity index is 2.41. The number of nitrogens with one attached hydrogen (secondary N) is 4. The van der Waals surface area contributed by atoms with Gasteiger partial charge in [-0.25, -0.2) is 4.79 Å². The van der Waals surface area contributed by atoms with Crippen LogP contribution >= 0.6 is 11.8 Å². The molecule has 0 aliphatic carbocycles. The second kappa shape index (κ2) is 19.9. The summed E-state index contributed by atoms with van der Waals surface area (Å²) in [5.74, 6) is -5.09. The molecule has 0 unspecified atom stereocenters. The molecule has 0 saturated heterocycles. The molecule has 0 aliphatic rings. The number of amides is 5. The van der Waals surface area contributed by atoms with Crippen molar-refractivity contribution in [2.45, 2.75) is 76.2 Å². The van der Waals surface area contributed by atoms with Gasteiger partial charge in [-0.3, -0.25) is 24.0 Å². The molecular formula is C33H46N6O8S. The van der Waals surface area contributed by atoms with E-state index < -0.39 is 78.1 Å². The number of aliphatic carboxylic acids is 1. The minimum atomic E-state index is -1.46. The lowest BCUT2D eigenvalue weighted by Crippen LogP contribution is -2.60. The molecule has 0 aromatic heterocycles. The van der Waals surface area contributed by atoms with E-state index in [4.69, 9.17) is 11.5 Å². The van der Waals surface area contributed by atoms with Gasteiger partial charge in [-0.1, -0.05) is 62.7 Å². The first-order valence-corrected chi connectivity index (χ1v) is 16.9. The number of nitrogens with two attached hydrogens (primary N) is 2. The Bertz CT molecular complexity index is 1390. The molecule has 0 aliphatic heterocycles. The molecule has 10 N–H and O–H groups in total. The molecule has 0 saturated carbocycles. The topological polar surface area (TPSA) is 243 Å². The monoisotopic (exact) mass is 686 g/mol. The van der Waals surface area contributed by atoms with Crippen LogP contribution in [0.5, 0.6) is 5.75 Å². The van der Waals surface area contributed by atoms with E-state index in [9.17, 15) is 39.0 Å². The second-order valence-corrected chi connectivity index (χ2v) is 12.5. The van der Waals surface area contributed by atoms with Gasteiger partial charge in [0.05, 0.1) is 12.5 Å². The van der Waals surface area contributed by atoms with Crippen LogP contribution < -0.4 is 32.7 Å². The Morgan fingerprint density at radius 2 is 1.27 bits per heavy atom. The van der Waals surface area contributed by atoms with Gasteiger partial charge in [0.25, 0.3) is 0 Å². The number of primary amides is 1. The molecule has 0 bridgehead atoms. The van der Waals surface area contributed by atoms with Crippen molar-refractivity contribution in [3.8, 4) is 5.75 Å². The largest absolute Gasteiger partial charge is 0.508 e. The van der Waals surface area contributed by atoms with Crippen molar-refractivity contribution in [3.05, 3.63) is 65.7 Å². The zero-order valence-corrected chi connectivity index (χ0v) is 28.1. The Hall–Kier alpha value is -4.63. The number of benzene rings is 2. The van der Waals surface area contributed by atoms with Gasteiger partial charge in [0.1, 0.15) is 29.9 Å². The molecule has 0 radical (unpaired) electrons. The van der Waals surface area contributed by atoms with E-state index >= 15 is 0 Å². The molecular weight excluding hydrogens is 640 g/mol. The summed E-state index contributed by atoms with van der Waals surface area (Å²) in [5.41, 5.74) is 12.5. The van der Waals surface area contributed by atoms with Crippen LogP contribution in [0.4, 0.5) is 0 Å². The Morgan fingerprint density at radius 1 is 0.771 bits per heavy atom. The van der Waals surface area contributed by atoms with Crippen molar-refractivity contribution in [2.75, 3.05) is 12.0 Å². The number of carbonyl (C=O) groups excluding carboxylic acids is 5. The van der Waals surface area contributed by atoms with Crippen LogP contribution in [-0.4, -0.2) is 87.9 Å². The first-order valence-electron chi connectivity index (χ1n) is 15.5. The van der Waals surface area contributed by atoms with Gasteiger partial charge >= 0.3 is 5.97 Å². The molecule has 48 heavy (non-hydrogen) atoms. The second-order valence-electron chi connectivity index (χ2n) is 11.5. The third-order valence-corrected chi connectivity index (χ3v) is 8.35. The van der Waals surface area contributed by atoms with Gasteiger partial charge in [0, 0.05) is 12.8 Å². The standard InChI is InChI=1S/C33H46N6O8S/c1-4-19(2)28(33(46)47)39-32(45)25(16-20-8-6-5-7-9-20)38-30(43)24(17-21-10-12-22(40)13-11-21)37-31(44)26(18-27(35)41)36-29(42)23(34)14-15-48-3/h5-13,19,23-26,28,40H,4,14-18,34H2,1-3H3,(H2,35,41)(H,36,42)(H,37,44)(H,38,43)(H,39,45)(H,46,47)/t19-,23-,24-,25-,26-,28-/m0/s1. The first-order chi connectivity index (χ1) is 22.7. The molecule has 14 nitrogen and oxygen atoms in total. The minimum absolute atomic E-state index is 0.000569. The average molecular weight is 687 g/mol. The fourth-order valence-corrected chi connectivity index (χ4v) is 5.17. The highest BCUT2D eigenvalue weighted by atomic mass is 32.2. The Morgan fingerprint density at radius 3 is 1.77 bits per heavy atom. The highest BCUT2D eigenvalue weighted by Gasteiger charge is 2.33. The van der Waals surface area contributed by atoms with Crippen LogP contribution in [0.25, 0.3) is 0 Å². The summed E-state index contributed by atoms with van der Waals surface area (Å²) >= 11 is 1.48. The lowest BCUT2D eigenvalue weighted by Gasteiger charge is -2.27. The van der Waals surface area contributed by atoms with Crippen LogP contribution in [-0.2, 0) is 41.6 Å². The summed E-state index contributed by atoms with van der Waals surface area (Å²) in [6, 6.07) is 8.38. The maximum atomic E-state index is 13.9. The number of rotatable bonds is 20. The van der Waals surface area contributed by atoms with Crippen molar-refractivity contribution in [2.24, 2.45) is 17.4 Å². The van der Waals surface area contributed by atoms with Crippen molar-refractivity contribution < 1.29 is 39.0 Å². The Kier molecular flexibility index (Phi) is 16.4. The smallest absolute Gasteiger partial charge is 0.326 e. The SMILES string of the molecule is CC[C@H](C)[C@H](NC(=O)[C@H](Cc1ccccc1)NC(=O)[C@H](Cc1ccc(O)cc1)NC(=O)[C@H](CC(N)=O)NC(=O)[C@@H](N)CCSC)C(=O)O. The van der Waals surface area contributed by atoms with E-state index in [-0.39, 0.29) is 18.6 Å². The van der Waals surface area contributed by atoms with Gasteiger partial charge in [0.2, 0.25) is 29.5 Å². The van der Waals surface area contributed by atoms with Gasteiger partial charge in [0.15, 0.2) is 0 Å². The number of carboxylic acid groups (broad SMARTS) is 1. The molecule has 0 fully saturated rings. The highest BCUT2D eigenvalue weighted by Crippen LogP contribution is 2.14. The zero-order valence-electron chi connectivity index (χ0n) is 27.3. The lowest BCUT2D eigenvalue weighted by atomic mass is 9.97. The molecule has 15 heteroatoms. The number of hydrogen-bond acceptors (Lipinski definition) is 9. The lowest BCUT2D eigenvalue weighted by molar-refractivity contribution is -0.143. The quantitative estimate of drug-likeness (QED) is 0.0941. The summed E-state index contributed by atoms with van der Waals surface area (Å²) in [7, 11) is 0. The predicted octanol–water partition coefficient (Wildman–Crippen LogP) is 0.203. The zero-order chi connectivity index (χ0) is 35.8. The molecule has 5 amide bonds. The molecule has 2 aromatic carbocycles. The minimum Gasteiger partial charge on any atom is -0.508 e. The number of carboxylic acids is 1. The van der Waals surface area contributed by atoms with Gasteiger partial charge in [-0.05, 0) is 47.6 Å². The number of hydrogen-bond donors (Lipinski definition) is 8. The highest BCUT2D eigenvalue weighted by molar-refractivity contribution is 7.98. The summed E-state index contributed by atoms with van der Waals surface area (Å²) in [4.78, 5) is 77.5. The van der Waals surface area contributed by atoms with Crippen molar-refractivity contribution >= 4 is 47.3 Å². The summed E-state index contributed by atoms with van der Waals surface area (Å²) in [6.45, 7) is 3.47. The van der Waals surface area contributed by atoms with Gasteiger partial charge in [-0.15, -0.1) is 0 Å². The number of thioether (sulfide) groups is 1. The van der Waals surface area contributed by atoms with Crippen LogP contribution in [0.3, 0.4) is 0 Å². The number of phenols is 1. The molecule has 2 aromatic rings. The summed E-state index contributed by atoms with van der Waals surface area (Å²) in [5, 5.41) is 29.7. The predicted molar refractivity (Wildman–Crippen MR) is 182 cm³/mol. The fourth-order valence-electron chi connectivity index (χ4n) is 4.68. The third-order valence-electron chi connectivity index (χ3n) is 7.71. The van der Waals surface area contributed by atoms with E-state index in [1.54, 1.807) is 44.2 Å². The molecule has 262 valence electrons. The molecule has 2 rings (SSSR count). The van der Waals surface area contributed by atoms with Crippen LogP contribution in [0.2, 0.25) is 0 Å². The fraction of sp³-hybridized carbons (Fsp3) is 0.455. The maximum absolute atomic E-state index is 13.9. The van der Waals surface area contributed by atoms with E-state index in [1.807, 2.05) is 6.26 Å². The van der Waals surface area contributed by atoms with Crippen LogP contribution in [0, 0.1) is 5.92 Å². The average Bonchev–Trinajstić information content (AvgIpc) is 3.05. The summed E-state index contributed by atoms with van der Waals surface area (Å²) < 4.78 is 0. The normalized spacial score (nSPS) is 14.7. The van der Waals surface area contributed by atoms with Crippen LogP contribution in [0.15, 0.2) is 54.6 Å². The van der Waals surface area contributed by atoms with E-state index in [2.05, 4.69) is 21.3 Å². The molecule has 6 atom stereocenters. The van der Waals surface area contributed by atoms with Gasteiger partial charge in [-0.2, -0.15) is 11.8 Å². The van der Waals surface area contributed by atoms with Gasteiger partial charge < -0.3 is 42.9 Å². The molecule has 0 heterocycles. The van der Waals surface area contributed by atoms with Crippen LogP contribution in [0.1, 0.15) is 44.2 Å². The van der Waals surface area contributed by atoms with Crippen molar-refractivity contribution in [1.82, 2.24) is 21.3 Å². The Labute approximate surface area is 284 Å².